The molecule has 7 heteroatoms. The largest absolute Gasteiger partial charge is 0.310 e. The van der Waals surface area contributed by atoms with Crippen molar-refractivity contribution in [1.29, 1.82) is 0 Å². The molecule has 0 amide bonds. The van der Waals surface area contributed by atoms with Crippen molar-refractivity contribution in [3.63, 3.8) is 0 Å². The first-order valence-electron chi connectivity index (χ1n) is 6.74. The molecule has 0 bridgehead atoms. The van der Waals surface area contributed by atoms with Crippen molar-refractivity contribution in [1.82, 2.24) is 20.1 Å². The molecule has 1 aliphatic rings. The van der Waals surface area contributed by atoms with E-state index in [-0.39, 0.29) is 5.92 Å². The number of nitrogens with one attached hydrogen (secondary N) is 1. The van der Waals surface area contributed by atoms with Gasteiger partial charge in [-0.15, -0.1) is 0 Å². The molecule has 0 saturated carbocycles. The first kappa shape index (κ1) is 14.5. The average molecular weight is 286 g/mol. The molecular formula is C12H22N4O2S. The van der Waals surface area contributed by atoms with Gasteiger partial charge in [-0.1, -0.05) is 13.8 Å². The van der Waals surface area contributed by atoms with Crippen molar-refractivity contribution >= 4 is 9.84 Å². The Morgan fingerprint density at radius 2 is 2.32 bits per heavy atom. The summed E-state index contributed by atoms with van der Waals surface area (Å²) in [6.45, 7) is 6.51. The van der Waals surface area contributed by atoms with Gasteiger partial charge >= 0.3 is 0 Å². The van der Waals surface area contributed by atoms with E-state index in [9.17, 15) is 8.42 Å². The zero-order valence-electron chi connectivity index (χ0n) is 11.5. The van der Waals surface area contributed by atoms with Crippen LogP contribution in [-0.4, -0.2) is 41.2 Å². The van der Waals surface area contributed by atoms with Gasteiger partial charge < -0.3 is 5.32 Å². The second-order valence-corrected chi connectivity index (χ2v) is 7.88. The molecular weight excluding hydrogens is 264 g/mol. The van der Waals surface area contributed by atoms with E-state index >= 15 is 0 Å². The monoisotopic (exact) mass is 286 g/mol. The highest BCUT2D eigenvalue weighted by Crippen LogP contribution is 2.17. The summed E-state index contributed by atoms with van der Waals surface area (Å²) in [6.07, 6.45) is 2.34. The Labute approximate surface area is 114 Å². The van der Waals surface area contributed by atoms with Crippen molar-refractivity contribution in [2.75, 3.05) is 18.1 Å². The fourth-order valence-electron chi connectivity index (χ4n) is 2.34. The maximum absolute atomic E-state index is 11.4. The second-order valence-electron chi connectivity index (χ2n) is 5.65. The third-order valence-corrected chi connectivity index (χ3v) is 5.11. The van der Waals surface area contributed by atoms with Gasteiger partial charge in [0.15, 0.2) is 9.84 Å². The Bertz CT molecular complexity index is 510. The van der Waals surface area contributed by atoms with Crippen molar-refractivity contribution in [2.45, 2.75) is 33.4 Å². The fraction of sp³-hybridized carbons (Fsp3) is 0.833. The van der Waals surface area contributed by atoms with Gasteiger partial charge in [-0.3, -0.25) is 0 Å². The summed E-state index contributed by atoms with van der Waals surface area (Å²) in [5, 5.41) is 7.49. The number of hydrogen-bond donors (Lipinski definition) is 1. The first-order chi connectivity index (χ1) is 8.96. The molecule has 108 valence electrons. The van der Waals surface area contributed by atoms with Crippen LogP contribution in [0.1, 0.15) is 26.1 Å². The van der Waals surface area contributed by atoms with Crippen LogP contribution in [0.25, 0.3) is 0 Å². The van der Waals surface area contributed by atoms with Gasteiger partial charge in [-0.2, -0.15) is 5.10 Å². The molecule has 1 atom stereocenters. The average Bonchev–Trinajstić information content (AvgIpc) is 2.86. The van der Waals surface area contributed by atoms with Crippen molar-refractivity contribution in [2.24, 2.45) is 11.8 Å². The van der Waals surface area contributed by atoms with Crippen molar-refractivity contribution in [3.8, 4) is 0 Å². The molecule has 1 fully saturated rings. The predicted molar refractivity (Wildman–Crippen MR) is 73.3 cm³/mol. The number of nitrogens with zero attached hydrogens (tertiary/aromatic N) is 3. The van der Waals surface area contributed by atoms with Gasteiger partial charge in [0.05, 0.1) is 18.1 Å². The Hall–Kier alpha value is -0.950. The molecule has 6 nitrogen and oxygen atoms in total. The Balaban J connectivity index is 1.78. The lowest BCUT2D eigenvalue weighted by Gasteiger charge is -2.11. The van der Waals surface area contributed by atoms with Gasteiger partial charge in [0.2, 0.25) is 0 Å². The van der Waals surface area contributed by atoms with E-state index in [1.54, 1.807) is 6.33 Å². The van der Waals surface area contributed by atoms with Gasteiger partial charge in [0.25, 0.3) is 0 Å². The molecule has 19 heavy (non-hydrogen) atoms. The zero-order valence-corrected chi connectivity index (χ0v) is 12.4. The van der Waals surface area contributed by atoms with Crippen LogP contribution < -0.4 is 5.32 Å². The van der Waals surface area contributed by atoms with Crippen molar-refractivity contribution in [3.05, 3.63) is 12.2 Å². The van der Waals surface area contributed by atoms with Crippen LogP contribution in [0, 0.1) is 11.8 Å². The lowest BCUT2D eigenvalue weighted by atomic mass is 10.1. The Morgan fingerprint density at radius 3 is 2.95 bits per heavy atom. The van der Waals surface area contributed by atoms with E-state index in [1.165, 1.54) is 0 Å². The molecule has 1 unspecified atom stereocenters. The summed E-state index contributed by atoms with van der Waals surface area (Å²) in [4.78, 5) is 4.23. The number of aromatic nitrogens is 3. The first-order valence-corrected chi connectivity index (χ1v) is 8.56. The van der Waals surface area contributed by atoms with Gasteiger partial charge in [0, 0.05) is 6.54 Å². The third-order valence-electron chi connectivity index (χ3n) is 3.28. The molecule has 0 spiro atoms. The summed E-state index contributed by atoms with van der Waals surface area (Å²) in [7, 11) is -2.78. The second kappa shape index (κ2) is 6.00. The summed E-state index contributed by atoms with van der Waals surface area (Å²) >= 11 is 0. The lowest BCUT2D eigenvalue weighted by Crippen LogP contribution is -2.25. The van der Waals surface area contributed by atoms with Gasteiger partial charge in [0.1, 0.15) is 12.2 Å². The standard InChI is InChI=1S/C12H22N4O2S/c1-10(2)7-16-12(14-9-15-16)6-13-5-11-3-4-19(17,18)8-11/h9-11,13H,3-8H2,1-2H3. The van der Waals surface area contributed by atoms with Crippen LogP contribution in [0.2, 0.25) is 0 Å². The van der Waals surface area contributed by atoms with Crippen molar-refractivity contribution < 1.29 is 8.42 Å². The van der Waals surface area contributed by atoms with E-state index in [4.69, 9.17) is 0 Å². The van der Waals surface area contributed by atoms with E-state index < -0.39 is 9.84 Å². The predicted octanol–water partition coefficient (Wildman–Crippen LogP) is 0.458. The molecule has 0 radical (unpaired) electrons. The summed E-state index contributed by atoms with van der Waals surface area (Å²) in [6, 6.07) is 0. The SMILES string of the molecule is CC(C)Cn1ncnc1CNCC1CCS(=O)(=O)C1. The quantitative estimate of drug-likeness (QED) is 0.822. The van der Waals surface area contributed by atoms with Crippen LogP contribution in [-0.2, 0) is 22.9 Å². The molecule has 0 aromatic carbocycles. The number of sulfone groups is 1. The Kier molecular flexibility index (Phi) is 4.57. The van der Waals surface area contributed by atoms with Gasteiger partial charge in [-0.25, -0.2) is 18.1 Å². The number of hydrogen-bond acceptors (Lipinski definition) is 5. The minimum Gasteiger partial charge on any atom is -0.310 e. The molecule has 0 aliphatic carbocycles. The fourth-order valence-corrected chi connectivity index (χ4v) is 4.21. The molecule has 1 saturated heterocycles. The van der Waals surface area contributed by atoms with Crippen LogP contribution in [0.3, 0.4) is 0 Å². The van der Waals surface area contributed by atoms with Crippen LogP contribution in [0.15, 0.2) is 6.33 Å². The highest BCUT2D eigenvalue weighted by atomic mass is 32.2. The summed E-state index contributed by atoms with van der Waals surface area (Å²) in [5.74, 6) is 2.34. The smallest absolute Gasteiger partial charge is 0.150 e. The van der Waals surface area contributed by atoms with E-state index in [2.05, 4.69) is 29.2 Å². The highest BCUT2D eigenvalue weighted by molar-refractivity contribution is 7.91. The van der Waals surface area contributed by atoms with Gasteiger partial charge in [-0.05, 0) is 24.8 Å². The van der Waals surface area contributed by atoms with E-state index in [1.807, 2.05) is 4.68 Å². The summed E-state index contributed by atoms with van der Waals surface area (Å²) < 4.78 is 24.6. The topological polar surface area (TPSA) is 76.9 Å². The van der Waals surface area contributed by atoms with E-state index in [0.29, 0.717) is 24.0 Å². The zero-order chi connectivity index (χ0) is 13.9. The molecule has 1 aliphatic heterocycles. The highest BCUT2D eigenvalue weighted by Gasteiger charge is 2.27. The molecule has 1 aromatic heterocycles. The maximum atomic E-state index is 11.4. The minimum atomic E-state index is -2.78. The van der Waals surface area contributed by atoms with Crippen LogP contribution in [0.5, 0.6) is 0 Å². The van der Waals surface area contributed by atoms with Crippen LogP contribution >= 0.6 is 0 Å². The lowest BCUT2D eigenvalue weighted by molar-refractivity contribution is 0.448. The Morgan fingerprint density at radius 1 is 1.53 bits per heavy atom. The van der Waals surface area contributed by atoms with E-state index in [0.717, 1.165) is 25.3 Å². The minimum absolute atomic E-state index is 0.242. The molecule has 1 aromatic rings. The third kappa shape index (κ3) is 4.28. The molecule has 2 rings (SSSR count). The number of rotatable bonds is 6. The normalized spacial score (nSPS) is 22.2. The molecule has 1 N–H and O–H groups in total. The van der Waals surface area contributed by atoms with Crippen LogP contribution in [0.4, 0.5) is 0 Å². The summed E-state index contributed by atoms with van der Waals surface area (Å²) in [5.41, 5.74) is 0. The maximum Gasteiger partial charge on any atom is 0.150 e. The molecule has 2 heterocycles.